The van der Waals surface area contributed by atoms with Crippen molar-refractivity contribution in [3.63, 3.8) is 0 Å². The van der Waals surface area contributed by atoms with E-state index in [0.717, 1.165) is 69.7 Å². The van der Waals surface area contributed by atoms with Gasteiger partial charge in [0, 0.05) is 44.0 Å². The number of ether oxygens (including phenoxy) is 1. The van der Waals surface area contributed by atoms with E-state index in [1.807, 2.05) is 36.2 Å². The number of piperidine rings is 1. The van der Waals surface area contributed by atoms with E-state index >= 15 is 0 Å². The number of aryl methyl sites for hydroxylation is 1. The van der Waals surface area contributed by atoms with Gasteiger partial charge in [0.05, 0.1) is 18.7 Å². The van der Waals surface area contributed by atoms with Gasteiger partial charge < -0.3 is 14.5 Å². The van der Waals surface area contributed by atoms with Gasteiger partial charge in [0.1, 0.15) is 0 Å². The highest BCUT2D eigenvalue weighted by Gasteiger charge is 2.40. The van der Waals surface area contributed by atoms with Crippen molar-refractivity contribution in [1.29, 1.82) is 0 Å². The molecule has 2 aliphatic rings. The predicted molar refractivity (Wildman–Crippen MR) is 101 cm³/mol. The summed E-state index contributed by atoms with van der Waals surface area (Å²) >= 11 is 0. The third-order valence-corrected chi connectivity index (χ3v) is 5.88. The molecule has 6 heteroatoms. The predicted octanol–water partition coefficient (Wildman–Crippen LogP) is 2.15. The summed E-state index contributed by atoms with van der Waals surface area (Å²) < 4.78 is 7.73. The maximum Gasteiger partial charge on any atom is 0.275 e. The summed E-state index contributed by atoms with van der Waals surface area (Å²) in [5.74, 6) is 0.0492. The van der Waals surface area contributed by atoms with E-state index in [2.05, 4.69) is 16.9 Å². The first-order valence-electron chi connectivity index (χ1n) is 9.63. The summed E-state index contributed by atoms with van der Waals surface area (Å²) in [5, 5.41) is 5.47. The number of para-hydroxylation sites is 1. The summed E-state index contributed by atoms with van der Waals surface area (Å²) in [7, 11) is 1.90. The van der Waals surface area contributed by atoms with Crippen LogP contribution in [-0.4, -0.2) is 71.4 Å². The van der Waals surface area contributed by atoms with Crippen LogP contribution in [0, 0.1) is 5.41 Å². The second-order valence-electron chi connectivity index (χ2n) is 7.74. The van der Waals surface area contributed by atoms with Crippen molar-refractivity contribution >= 4 is 16.8 Å². The number of likely N-dealkylation sites (N-methyl/N-ethyl adjacent to an activating group) is 1. The van der Waals surface area contributed by atoms with Gasteiger partial charge in [0.2, 0.25) is 0 Å². The van der Waals surface area contributed by atoms with Gasteiger partial charge in [0.15, 0.2) is 5.69 Å². The van der Waals surface area contributed by atoms with E-state index in [1.54, 1.807) is 4.68 Å². The zero-order valence-corrected chi connectivity index (χ0v) is 15.8. The van der Waals surface area contributed by atoms with Crippen molar-refractivity contribution in [2.45, 2.75) is 19.8 Å². The third-order valence-electron chi connectivity index (χ3n) is 5.88. The molecule has 0 unspecified atom stereocenters. The van der Waals surface area contributed by atoms with Crippen LogP contribution in [0.25, 0.3) is 10.9 Å². The maximum absolute atomic E-state index is 13.3. The summed E-state index contributed by atoms with van der Waals surface area (Å²) in [6.45, 7) is 8.32. The summed E-state index contributed by atoms with van der Waals surface area (Å²) in [4.78, 5) is 17.7. The first-order chi connectivity index (χ1) is 12.6. The first kappa shape index (κ1) is 17.5. The lowest BCUT2D eigenvalue weighted by Crippen LogP contribution is -2.52. The number of carbonyl (C=O) groups is 1. The lowest BCUT2D eigenvalue weighted by atomic mass is 9.80. The third kappa shape index (κ3) is 3.12. The van der Waals surface area contributed by atoms with E-state index in [9.17, 15) is 4.79 Å². The molecule has 140 valence electrons. The smallest absolute Gasteiger partial charge is 0.275 e. The normalized spacial score (nSPS) is 24.9. The largest absolute Gasteiger partial charge is 0.379 e. The highest BCUT2D eigenvalue weighted by Crippen LogP contribution is 2.34. The number of carbonyl (C=O) groups excluding carboxylic acids is 1. The number of hydrogen-bond acceptors (Lipinski definition) is 4. The zero-order chi connectivity index (χ0) is 18.1. The molecule has 0 saturated carbocycles. The fraction of sp³-hybridized carbons (Fsp3) is 0.600. The van der Waals surface area contributed by atoms with Crippen LogP contribution < -0.4 is 0 Å². The topological polar surface area (TPSA) is 50.6 Å². The van der Waals surface area contributed by atoms with Crippen LogP contribution in [0.1, 0.15) is 30.3 Å². The van der Waals surface area contributed by atoms with Gasteiger partial charge in [-0.1, -0.05) is 25.1 Å². The number of nitrogens with zero attached hydrogens (tertiary/aromatic N) is 4. The van der Waals surface area contributed by atoms with Crippen LogP contribution in [0.2, 0.25) is 0 Å². The molecule has 1 spiro atoms. The zero-order valence-electron chi connectivity index (χ0n) is 15.8. The Morgan fingerprint density at radius 3 is 2.96 bits per heavy atom. The average Bonchev–Trinajstić information content (AvgIpc) is 2.87. The Balaban J connectivity index is 1.60. The molecule has 26 heavy (non-hydrogen) atoms. The molecule has 0 radical (unpaired) electrons. The van der Waals surface area contributed by atoms with Crippen LogP contribution in [0.15, 0.2) is 24.3 Å². The van der Waals surface area contributed by atoms with E-state index in [4.69, 9.17) is 4.74 Å². The highest BCUT2D eigenvalue weighted by atomic mass is 16.5. The Morgan fingerprint density at radius 1 is 1.27 bits per heavy atom. The van der Waals surface area contributed by atoms with E-state index in [-0.39, 0.29) is 11.3 Å². The first-order valence-corrected chi connectivity index (χ1v) is 9.63. The van der Waals surface area contributed by atoms with Crippen molar-refractivity contribution in [3.05, 3.63) is 30.0 Å². The molecule has 6 nitrogen and oxygen atoms in total. The van der Waals surface area contributed by atoms with Crippen molar-refractivity contribution in [2.24, 2.45) is 12.5 Å². The van der Waals surface area contributed by atoms with Gasteiger partial charge >= 0.3 is 0 Å². The molecule has 2 aliphatic heterocycles. The fourth-order valence-corrected chi connectivity index (χ4v) is 4.50. The molecule has 0 N–H and O–H groups in total. The lowest BCUT2D eigenvalue weighted by molar-refractivity contribution is 0.00748. The van der Waals surface area contributed by atoms with Gasteiger partial charge in [-0.2, -0.15) is 5.10 Å². The van der Waals surface area contributed by atoms with Crippen molar-refractivity contribution in [1.82, 2.24) is 19.6 Å². The molecule has 0 aliphatic carbocycles. The second kappa shape index (κ2) is 7.00. The molecule has 2 saturated heterocycles. The van der Waals surface area contributed by atoms with E-state index < -0.39 is 0 Å². The summed E-state index contributed by atoms with van der Waals surface area (Å²) in [6, 6.07) is 7.95. The van der Waals surface area contributed by atoms with Crippen LogP contribution >= 0.6 is 0 Å². The number of aromatic nitrogens is 2. The molecule has 4 rings (SSSR count). The monoisotopic (exact) mass is 356 g/mol. The SMILES string of the molecule is CCN1CCOC[C@]2(CCCN(C(=O)c3nn(C)c4ccccc34)C2)C1. The van der Waals surface area contributed by atoms with Gasteiger partial charge in [0.25, 0.3) is 5.91 Å². The molecule has 2 fully saturated rings. The van der Waals surface area contributed by atoms with Gasteiger partial charge in [-0.05, 0) is 25.5 Å². The standard InChI is InChI=1S/C20H28N4O2/c1-3-23-11-12-26-15-20(13-23)9-6-10-24(14-20)19(25)18-16-7-4-5-8-17(16)22(2)21-18/h4-5,7-8H,3,6,9-15H2,1-2H3/t20-/m1/s1. The quantitative estimate of drug-likeness (QED) is 0.827. The molecular formula is C20H28N4O2. The van der Waals surface area contributed by atoms with Crippen molar-refractivity contribution < 1.29 is 9.53 Å². The average molecular weight is 356 g/mol. The molecule has 1 aromatic heterocycles. The Hall–Kier alpha value is -1.92. The van der Waals surface area contributed by atoms with E-state index in [1.165, 1.54) is 0 Å². The van der Waals surface area contributed by atoms with Crippen LogP contribution in [0.3, 0.4) is 0 Å². The molecule has 1 atom stereocenters. The minimum absolute atomic E-state index is 0.0466. The van der Waals surface area contributed by atoms with Crippen LogP contribution in [0.4, 0.5) is 0 Å². The summed E-state index contributed by atoms with van der Waals surface area (Å²) in [6.07, 6.45) is 2.15. The minimum atomic E-state index is 0.0466. The molecule has 2 aromatic rings. The number of hydrogen-bond donors (Lipinski definition) is 0. The molecule has 1 aromatic carbocycles. The number of fused-ring (bicyclic) bond motifs is 1. The number of rotatable bonds is 2. The Kier molecular flexibility index (Phi) is 4.71. The molecular weight excluding hydrogens is 328 g/mol. The van der Waals surface area contributed by atoms with Crippen LogP contribution in [0.5, 0.6) is 0 Å². The number of amides is 1. The maximum atomic E-state index is 13.3. The Morgan fingerprint density at radius 2 is 2.12 bits per heavy atom. The number of likely N-dealkylation sites (tertiary alicyclic amines) is 1. The van der Waals surface area contributed by atoms with E-state index in [0.29, 0.717) is 5.69 Å². The highest BCUT2D eigenvalue weighted by molar-refractivity contribution is 6.04. The van der Waals surface area contributed by atoms with Crippen molar-refractivity contribution in [2.75, 3.05) is 45.9 Å². The lowest BCUT2D eigenvalue weighted by Gasteiger charge is -2.43. The number of benzene rings is 1. The molecule has 0 bridgehead atoms. The van der Waals surface area contributed by atoms with Crippen LogP contribution in [-0.2, 0) is 11.8 Å². The molecule has 3 heterocycles. The van der Waals surface area contributed by atoms with Gasteiger partial charge in [-0.15, -0.1) is 0 Å². The van der Waals surface area contributed by atoms with Gasteiger partial charge in [-0.3, -0.25) is 9.48 Å². The minimum Gasteiger partial charge on any atom is -0.379 e. The fourth-order valence-electron chi connectivity index (χ4n) is 4.50. The molecule has 1 amide bonds. The summed E-state index contributed by atoms with van der Waals surface area (Å²) in [5.41, 5.74) is 1.62. The Bertz CT molecular complexity index is 802. The van der Waals surface area contributed by atoms with Gasteiger partial charge in [-0.25, -0.2) is 0 Å². The second-order valence-corrected chi connectivity index (χ2v) is 7.74. The Labute approximate surface area is 154 Å². The van der Waals surface area contributed by atoms with Crippen molar-refractivity contribution in [3.8, 4) is 0 Å².